The lowest BCUT2D eigenvalue weighted by Crippen LogP contribution is -2.50. The lowest BCUT2D eigenvalue weighted by molar-refractivity contribution is 0.308. The third kappa shape index (κ3) is 1.82. The van der Waals surface area contributed by atoms with Crippen molar-refractivity contribution in [2.75, 3.05) is 18.4 Å². The van der Waals surface area contributed by atoms with Crippen molar-refractivity contribution in [2.45, 2.75) is 12.5 Å². The molecule has 4 rings (SSSR count). The van der Waals surface area contributed by atoms with E-state index in [1.165, 1.54) is 5.56 Å². The number of para-hydroxylation sites is 1. The average Bonchev–Trinajstić information content (AvgIpc) is 2.79. The minimum absolute atomic E-state index is 0.243. The third-order valence-corrected chi connectivity index (χ3v) is 4.20. The second kappa shape index (κ2) is 4.45. The fourth-order valence-electron chi connectivity index (χ4n) is 2.87. The summed E-state index contributed by atoms with van der Waals surface area (Å²) in [5.74, 6) is 1.81. The van der Waals surface area contributed by atoms with Crippen LogP contribution in [-0.2, 0) is 6.42 Å². The molecule has 1 unspecified atom stereocenters. The van der Waals surface area contributed by atoms with E-state index >= 15 is 0 Å². The van der Waals surface area contributed by atoms with Crippen LogP contribution < -0.4 is 10.6 Å². The van der Waals surface area contributed by atoms with E-state index in [4.69, 9.17) is 0 Å². The van der Waals surface area contributed by atoms with Gasteiger partial charge in [-0.05, 0) is 24.6 Å². The predicted octanol–water partition coefficient (Wildman–Crippen LogP) is 1.41. The first-order valence-electron chi connectivity index (χ1n) is 6.93. The minimum atomic E-state index is 0.243. The van der Waals surface area contributed by atoms with Gasteiger partial charge in [-0.25, -0.2) is 0 Å². The summed E-state index contributed by atoms with van der Waals surface area (Å²) < 4.78 is 0. The van der Waals surface area contributed by atoms with Gasteiger partial charge in [0.2, 0.25) is 0 Å². The summed E-state index contributed by atoms with van der Waals surface area (Å²) >= 11 is 0. The Morgan fingerprint density at radius 3 is 2.75 bits per heavy atom. The standard InChI is InChI=1S/C15H16N4O/c20-14-4-2-1-3-11(14)13-6-9-5-12(10-7-16-8-10)17-15(9)19-18-13/h1-4,6,10,12,16,20H,5,7-8H2,(H,17,19). The van der Waals surface area contributed by atoms with Gasteiger partial charge in [-0.3, -0.25) is 0 Å². The number of phenolic OH excluding ortho intramolecular Hbond substituents is 1. The number of rotatable bonds is 2. The quantitative estimate of drug-likeness (QED) is 0.768. The number of phenols is 1. The number of aromatic hydroxyl groups is 1. The predicted molar refractivity (Wildman–Crippen MR) is 76.6 cm³/mol. The topological polar surface area (TPSA) is 70.1 Å². The number of fused-ring (bicyclic) bond motifs is 1. The van der Waals surface area contributed by atoms with Crippen LogP contribution in [0.3, 0.4) is 0 Å². The smallest absolute Gasteiger partial charge is 0.152 e. The van der Waals surface area contributed by atoms with Crippen LogP contribution in [0, 0.1) is 5.92 Å². The van der Waals surface area contributed by atoms with Crippen LogP contribution in [0.15, 0.2) is 30.3 Å². The van der Waals surface area contributed by atoms with Crippen molar-refractivity contribution < 1.29 is 5.11 Å². The summed E-state index contributed by atoms with van der Waals surface area (Å²) in [5.41, 5.74) is 2.66. The molecule has 1 fully saturated rings. The van der Waals surface area contributed by atoms with Gasteiger partial charge in [0.15, 0.2) is 5.82 Å². The Balaban J connectivity index is 1.65. The maximum absolute atomic E-state index is 9.91. The van der Waals surface area contributed by atoms with Crippen LogP contribution in [0.25, 0.3) is 11.3 Å². The van der Waals surface area contributed by atoms with Gasteiger partial charge in [-0.2, -0.15) is 0 Å². The number of anilines is 1. The van der Waals surface area contributed by atoms with Gasteiger partial charge in [-0.15, -0.1) is 10.2 Å². The molecule has 0 bridgehead atoms. The highest BCUT2D eigenvalue weighted by molar-refractivity contribution is 5.68. The van der Waals surface area contributed by atoms with Gasteiger partial charge in [0, 0.05) is 36.2 Å². The van der Waals surface area contributed by atoms with Crippen LogP contribution in [0.1, 0.15) is 5.56 Å². The van der Waals surface area contributed by atoms with Crippen molar-refractivity contribution in [3.8, 4) is 17.0 Å². The lowest BCUT2D eigenvalue weighted by Gasteiger charge is -2.32. The average molecular weight is 268 g/mol. The van der Waals surface area contributed by atoms with E-state index in [0.29, 0.717) is 12.0 Å². The zero-order chi connectivity index (χ0) is 13.5. The van der Waals surface area contributed by atoms with Crippen LogP contribution in [-0.4, -0.2) is 34.4 Å². The molecule has 0 amide bonds. The molecule has 1 atom stereocenters. The Hall–Kier alpha value is -2.14. The highest BCUT2D eigenvalue weighted by Crippen LogP contribution is 2.33. The summed E-state index contributed by atoms with van der Waals surface area (Å²) in [5, 5.41) is 25.2. The first-order valence-corrected chi connectivity index (χ1v) is 6.93. The molecular weight excluding hydrogens is 252 g/mol. The van der Waals surface area contributed by atoms with Gasteiger partial charge in [0.05, 0.1) is 5.69 Å². The zero-order valence-electron chi connectivity index (χ0n) is 11.0. The largest absolute Gasteiger partial charge is 0.507 e. The number of nitrogens with one attached hydrogen (secondary N) is 2. The molecule has 5 nitrogen and oxygen atoms in total. The molecule has 1 saturated heterocycles. The molecule has 20 heavy (non-hydrogen) atoms. The first-order chi connectivity index (χ1) is 9.81. The first kappa shape index (κ1) is 11.7. The SMILES string of the molecule is Oc1ccccc1-c1cc2c(nn1)NC(C1CNC1)C2. The molecule has 3 heterocycles. The van der Waals surface area contributed by atoms with Gasteiger partial charge in [-0.1, -0.05) is 12.1 Å². The summed E-state index contributed by atoms with van der Waals surface area (Å²) in [7, 11) is 0. The van der Waals surface area contributed by atoms with E-state index in [-0.39, 0.29) is 5.75 Å². The molecule has 2 aliphatic heterocycles. The Labute approximate surface area is 117 Å². The Morgan fingerprint density at radius 1 is 1.15 bits per heavy atom. The number of hydrogen-bond acceptors (Lipinski definition) is 5. The maximum atomic E-state index is 9.91. The molecule has 0 spiro atoms. The number of nitrogens with zero attached hydrogens (tertiary/aromatic N) is 2. The van der Waals surface area contributed by atoms with E-state index < -0.39 is 0 Å². The van der Waals surface area contributed by atoms with Crippen molar-refractivity contribution in [1.82, 2.24) is 15.5 Å². The van der Waals surface area contributed by atoms with Gasteiger partial charge in [0.1, 0.15) is 5.75 Å². The van der Waals surface area contributed by atoms with E-state index in [9.17, 15) is 5.11 Å². The van der Waals surface area contributed by atoms with E-state index in [0.717, 1.165) is 36.6 Å². The second-order valence-electron chi connectivity index (χ2n) is 5.49. The summed E-state index contributed by atoms with van der Waals surface area (Å²) in [6, 6.07) is 9.73. The highest BCUT2D eigenvalue weighted by Gasteiger charge is 2.32. The van der Waals surface area contributed by atoms with E-state index in [1.54, 1.807) is 12.1 Å². The van der Waals surface area contributed by atoms with Gasteiger partial charge < -0.3 is 15.7 Å². The van der Waals surface area contributed by atoms with Gasteiger partial charge in [0.25, 0.3) is 0 Å². The molecule has 0 radical (unpaired) electrons. The second-order valence-corrected chi connectivity index (χ2v) is 5.49. The number of benzene rings is 1. The van der Waals surface area contributed by atoms with Crippen LogP contribution in [0.2, 0.25) is 0 Å². The van der Waals surface area contributed by atoms with Gasteiger partial charge >= 0.3 is 0 Å². The van der Waals surface area contributed by atoms with Crippen molar-refractivity contribution >= 4 is 5.82 Å². The molecule has 1 aromatic heterocycles. The lowest BCUT2D eigenvalue weighted by atomic mass is 9.92. The molecule has 102 valence electrons. The number of aromatic nitrogens is 2. The Kier molecular flexibility index (Phi) is 2.60. The van der Waals surface area contributed by atoms with Crippen molar-refractivity contribution in [1.29, 1.82) is 0 Å². The van der Waals surface area contributed by atoms with Crippen molar-refractivity contribution in [3.63, 3.8) is 0 Å². The highest BCUT2D eigenvalue weighted by atomic mass is 16.3. The summed E-state index contributed by atoms with van der Waals surface area (Å²) in [4.78, 5) is 0. The van der Waals surface area contributed by atoms with Crippen molar-refractivity contribution in [3.05, 3.63) is 35.9 Å². The number of hydrogen-bond donors (Lipinski definition) is 3. The molecule has 1 aromatic carbocycles. The van der Waals surface area contributed by atoms with Crippen LogP contribution in [0.5, 0.6) is 5.75 Å². The molecule has 5 heteroatoms. The Bertz CT molecular complexity index is 654. The van der Waals surface area contributed by atoms with Crippen LogP contribution >= 0.6 is 0 Å². The molecule has 2 aromatic rings. The molecule has 3 N–H and O–H groups in total. The summed E-state index contributed by atoms with van der Waals surface area (Å²) in [6.07, 6.45) is 0.984. The van der Waals surface area contributed by atoms with Crippen LogP contribution in [0.4, 0.5) is 5.82 Å². The third-order valence-electron chi connectivity index (χ3n) is 4.20. The zero-order valence-corrected chi connectivity index (χ0v) is 11.0. The Morgan fingerprint density at radius 2 is 2.00 bits per heavy atom. The minimum Gasteiger partial charge on any atom is -0.507 e. The molecular formula is C15H16N4O. The summed E-state index contributed by atoms with van der Waals surface area (Å²) in [6.45, 7) is 2.15. The molecule has 0 aliphatic carbocycles. The fraction of sp³-hybridized carbons (Fsp3) is 0.333. The molecule has 0 saturated carbocycles. The maximum Gasteiger partial charge on any atom is 0.152 e. The van der Waals surface area contributed by atoms with E-state index in [1.807, 2.05) is 18.2 Å². The molecule has 2 aliphatic rings. The monoisotopic (exact) mass is 268 g/mol. The van der Waals surface area contributed by atoms with Crippen molar-refractivity contribution in [2.24, 2.45) is 5.92 Å². The normalized spacial score (nSPS) is 21.1. The fourth-order valence-corrected chi connectivity index (χ4v) is 2.87. The van der Waals surface area contributed by atoms with E-state index in [2.05, 4.69) is 20.8 Å².